The van der Waals surface area contributed by atoms with Crippen LogP contribution in [0.3, 0.4) is 0 Å². The van der Waals surface area contributed by atoms with Crippen LogP contribution in [-0.2, 0) is 7.05 Å². The highest BCUT2D eigenvalue weighted by atomic mass is 32.2. The van der Waals surface area contributed by atoms with Crippen molar-refractivity contribution in [3.8, 4) is 0 Å². The van der Waals surface area contributed by atoms with Gasteiger partial charge in [0.15, 0.2) is 5.16 Å². The fourth-order valence-corrected chi connectivity index (χ4v) is 1.80. The van der Waals surface area contributed by atoms with Crippen molar-refractivity contribution < 1.29 is 0 Å². The molecule has 0 aliphatic rings. The Bertz CT molecular complexity index is 547. The summed E-state index contributed by atoms with van der Waals surface area (Å²) in [5.41, 5.74) is -0.245. The van der Waals surface area contributed by atoms with Gasteiger partial charge in [0.25, 0.3) is 0 Å². The number of nitrogens with one attached hydrogen (secondary N) is 2. The molecule has 2 aromatic rings. The summed E-state index contributed by atoms with van der Waals surface area (Å²) < 4.78 is 1.42. The van der Waals surface area contributed by atoms with Gasteiger partial charge in [-0.2, -0.15) is 0 Å². The Labute approximate surface area is 95.3 Å². The van der Waals surface area contributed by atoms with Crippen LogP contribution in [0.4, 0.5) is 5.95 Å². The van der Waals surface area contributed by atoms with Crippen LogP contribution in [0.25, 0.3) is 0 Å². The Hall–Kier alpha value is -1.83. The van der Waals surface area contributed by atoms with Gasteiger partial charge in [0.1, 0.15) is 5.03 Å². The normalized spacial score (nSPS) is 10.4. The van der Waals surface area contributed by atoms with Gasteiger partial charge in [-0.25, -0.2) is 19.9 Å². The van der Waals surface area contributed by atoms with E-state index in [1.807, 2.05) is 0 Å². The SMILES string of the molecule is CNc1nccc(Sc2n[nH]c(=O)n2C)n1. The number of anilines is 1. The number of aromatic nitrogens is 5. The number of hydrogen-bond donors (Lipinski definition) is 2. The number of nitrogens with zero attached hydrogens (tertiary/aromatic N) is 4. The van der Waals surface area contributed by atoms with Gasteiger partial charge < -0.3 is 5.32 Å². The molecular weight excluding hydrogens is 228 g/mol. The smallest absolute Gasteiger partial charge is 0.343 e. The lowest BCUT2D eigenvalue weighted by Gasteiger charge is -2.01. The molecule has 0 radical (unpaired) electrons. The standard InChI is InChI=1S/C8H10N6OS/c1-9-6-10-4-3-5(11-6)16-8-13-12-7(15)14(8)2/h3-4H,1-2H3,(H,12,15)(H,9,10,11). The van der Waals surface area contributed by atoms with E-state index < -0.39 is 0 Å². The van der Waals surface area contributed by atoms with Crippen LogP contribution in [0, 0.1) is 0 Å². The molecule has 0 spiro atoms. The first-order chi connectivity index (χ1) is 7.70. The van der Waals surface area contributed by atoms with Crippen molar-refractivity contribution in [3.05, 3.63) is 22.7 Å². The maximum atomic E-state index is 11.1. The molecule has 0 fully saturated rings. The van der Waals surface area contributed by atoms with E-state index in [2.05, 4.69) is 25.5 Å². The summed E-state index contributed by atoms with van der Waals surface area (Å²) in [6.07, 6.45) is 1.64. The third-order valence-corrected chi connectivity index (χ3v) is 2.87. The van der Waals surface area contributed by atoms with Crippen LogP contribution in [0.1, 0.15) is 0 Å². The molecule has 84 valence electrons. The average Bonchev–Trinajstić information content (AvgIpc) is 2.61. The maximum absolute atomic E-state index is 11.1. The predicted octanol–water partition coefficient (Wildman–Crippen LogP) is 0.0913. The molecular formula is C8H10N6OS. The first-order valence-electron chi connectivity index (χ1n) is 4.51. The Morgan fingerprint density at radius 1 is 1.56 bits per heavy atom. The Kier molecular flexibility index (Phi) is 2.91. The molecule has 0 saturated carbocycles. The molecule has 0 saturated heterocycles. The molecule has 0 aliphatic heterocycles. The lowest BCUT2D eigenvalue weighted by molar-refractivity contribution is 0.764. The van der Waals surface area contributed by atoms with Gasteiger partial charge in [0, 0.05) is 20.3 Å². The van der Waals surface area contributed by atoms with Gasteiger partial charge in [-0.3, -0.25) is 4.57 Å². The Balaban J connectivity index is 2.26. The van der Waals surface area contributed by atoms with Crippen LogP contribution in [-0.4, -0.2) is 31.8 Å². The first-order valence-corrected chi connectivity index (χ1v) is 5.32. The summed E-state index contributed by atoms with van der Waals surface area (Å²) in [5.74, 6) is 0.533. The second-order valence-electron chi connectivity index (χ2n) is 2.94. The van der Waals surface area contributed by atoms with Crippen molar-refractivity contribution in [3.63, 3.8) is 0 Å². The molecule has 2 N–H and O–H groups in total. The van der Waals surface area contributed by atoms with Crippen molar-refractivity contribution in [1.29, 1.82) is 0 Å². The van der Waals surface area contributed by atoms with Gasteiger partial charge in [-0.05, 0) is 17.8 Å². The summed E-state index contributed by atoms with van der Waals surface area (Å²) in [7, 11) is 3.39. The minimum absolute atomic E-state index is 0.245. The fraction of sp³-hybridized carbons (Fsp3) is 0.250. The topological polar surface area (TPSA) is 88.5 Å². The molecule has 2 heterocycles. The highest BCUT2D eigenvalue weighted by Crippen LogP contribution is 2.22. The molecule has 7 nitrogen and oxygen atoms in total. The third kappa shape index (κ3) is 2.06. The zero-order valence-electron chi connectivity index (χ0n) is 8.76. The van der Waals surface area contributed by atoms with Gasteiger partial charge in [-0.1, -0.05) is 0 Å². The highest BCUT2D eigenvalue weighted by molar-refractivity contribution is 7.99. The van der Waals surface area contributed by atoms with E-state index in [1.54, 1.807) is 26.4 Å². The quantitative estimate of drug-likeness (QED) is 0.737. The summed E-state index contributed by atoms with van der Waals surface area (Å²) >= 11 is 1.29. The molecule has 0 aliphatic carbocycles. The monoisotopic (exact) mass is 238 g/mol. The largest absolute Gasteiger partial charge is 0.357 e. The van der Waals surface area contributed by atoms with E-state index >= 15 is 0 Å². The van der Waals surface area contributed by atoms with Crippen LogP contribution in [0.15, 0.2) is 27.2 Å². The van der Waals surface area contributed by atoms with Crippen LogP contribution >= 0.6 is 11.8 Å². The van der Waals surface area contributed by atoms with E-state index in [-0.39, 0.29) is 5.69 Å². The third-order valence-electron chi connectivity index (χ3n) is 1.89. The van der Waals surface area contributed by atoms with Crippen molar-refractivity contribution in [2.75, 3.05) is 12.4 Å². The van der Waals surface area contributed by atoms with Gasteiger partial charge >= 0.3 is 5.69 Å². The molecule has 16 heavy (non-hydrogen) atoms. The van der Waals surface area contributed by atoms with E-state index in [0.29, 0.717) is 11.1 Å². The second kappa shape index (κ2) is 4.35. The molecule has 0 unspecified atom stereocenters. The van der Waals surface area contributed by atoms with Gasteiger partial charge in [-0.15, -0.1) is 5.10 Å². The van der Waals surface area contributed by atoms with Crippen molar-refractivity contribution in [1.82, 2.24) is 24.7 Å². The average molecular weight is 238 g/mol. The molecule has 0 aromatic carbocycles. The van der Waals surface area contributed by atoms with Crippen LogP contribution in [0.5, 0.6) is 0 Å². The van der Waals surface area contributed by atoms with Gasteiger partial charge in [0.05, 0.1) is 0 Å². The number of hydrogen-bond acceptors (Lipinski definition) is 6. The van der Waals surface area contributed by atoms with E-state index in [0.717, 1.165) is 5.03 Å². The van der Waals surface area contributed by atoms with E-state index in [9.17, 15) is 4.79 Å². The zero-order chi connectivity index (χ0) is 11.5. The van der Waals surface area contributed by atoms with Crippen LogP contribution < -0.4 is 11.0 Å². The molecule has 2 rings (SSSR count). The number of aromatic amines is 1. The maximum Gasteiger partial charge on any atom is 0.343 e. The summed E-state index contributed by atoms with van der Waals surface area (Å²) in [6, 6.07) is 1.75. The Morgan fingerprint density at radius 3 is 3.00 bits per heavy atom. The minimum Gasteiger partial charge on any atom is -0.357 e. The number of H-pyrrole nitrogens is 1. The number of rotatable bonds is 3. The lowest BCUT2D eigenvalue weighted by atomic mass is 10.7. The summed E-state index contributed by atoms with van der Waals surface area (Å²) in [4.78, 5) is 19.3. The molecule has 0 amide bonds. The molecule has 0 atom stereocenters. The molecule has 2 aromatic heterocycles. The highest BCUT2D eigenvalue weighted by Gasteiger charge is 2.07. The lowest BCUT2D eigenvalue weighted by Crippen LogP contribution is -2.12. The summed E-state index contributed by atoms with van der Waals surface area (Å²) in [5, 5.41) is 10.4. The molecule has 8 heteroatoms. The minimum atomic E-state index is -0.245. The summed E-state index contributed by atoms with van der Waals surface area (Å²) in [6.45, 7) is 0. The molecule has 0 bridgehead atoms. The van der Waals surface area contributed by atoms with Crippen LogP contribution in [0.2, 0.25) is 0 Å². The van der Waals surface area contributed by atoms with Gasteiger partial charge in [0.2, 0.25) is 5.95 Å². The van der Waals surface area contributed by atoms with Crippen molar-refractivity contribution >= 4 is 17.7 Å². The zero-order valence-corrected chi connectivity index (χ0v) is 9.58. The van der Waals surface area contributed by atoms with E-state index in [4.69, 9.17) is 0 Å². The Morgan fingerprint density at radius 2 is 2.38 bits per heavy atom. The second-order valence-corrected chi connectivity index (χ2v) is 3.93. The predicted molar refractivity (Wildman–Crippen MR) is 59.5 cm³/mol. The van der Waals surface area contributed by atoms with Crippen molar-refractivity contribution in [2.24, 2.45) is 7.05 Å². The fourth-order valence-electron chi connectivity index (χ4n) is 1.04. The first kappa shape index (κ1) is 10.7. The van der Waals surface area contributed by atoms with E-state index in [1.165, 1.54) is 16.3 Å². The van der Waals surface area contributed by atoms with Crippen molar-refractivity contribution in [2.45, 2.75) is 10.2 Å².